The number of rotatable bonds is 5. The third-order valence-corrected chi connectivity index (χ3v) is 3.63. The molecule has 9 heteroatoms. The first-order chi connectivity index (χ1) is 12.8. The lowest BCUT2D eigenvalue weighted by molar-refractivity contribution is -0.146. The van der Waals surface area contributed by atoms with Crippen molar-refractivity contribution in [2.75, 3.05) is 11.9 Å². The fourth-order valence-corrected chi connectivity index (χ4v) is 2.42. The van der Waals surface area contributed by atoms with Gasteiger partial charge in [-0.25, -0.2) is 0 Å². The van der Waals surface area contributed by atoms with E-state index in [0.717, 1.165) is 12.1 Å². The number of fused-ring (bicyclic) bond motifs is 1. The summed E-state index contributed by atoms with van der Waals surface area (Å²) in [6, 6.07) is 11.4. The molecule has 0 aliphatic rings. The number of carbonyl (C=O) groups is 2. The first kappa shape index (κ1) is 18.4. The summed E-state index contributed by atoms with van der Waals surface area (Å²) in [5.74, 6) is -1.64. The minimum Gasteiger partial charge on any atom is -0.455 e. The lowest BCUT2D eigenvalue weighted by atomic mass is 10.1. The van der Waals surface area contributed by atoms with Gasteiger partial charge in [0.05, 0.1) is 17.7 Å². The van der Waals surface area contributed by atoms with Crippen LogP contribution in [0, 0.1) is 0 Å². The number of aromatic nitrogens is 1. The van der Waals surface area contributed by atoms with E-state index in [2.05, 4.69) is 10.5 Å². The monoisotopic (exact) mass is 378 g/mol. The molecule has 0 saturated heterocycles. The molecule has 0 radical (unpaired) electrons. The van der Waals surface area contributed by atoms with Gasteiger partial charge in [-0.2, -0.15) is 13.2 Å². The Hall–Kier alpha value is -3.36. The van der Waals surface area contributed by atoms with Crippen LogP contribution in [0.2, 0.25) is 0 Å². The number of carbonyl (C=O) groups excluding carboxylic acids is 2. The van der Waals surface area contributed by atoms with Gasteiger partial charge in [0.2, 0.25) is 0 Å². The molecule has 140 valence electrons. The zero-order chi connectivity index (χ0) is 19.4. The first-order valence-electron chi connectivity index (χ1n) is 7.79. The topological polar surface area (TPSA) is 81.4 Å². The molecule has 0 aliphatic heterocycles. The van der Waals surface area contributed by atoms with Crippen LogP contribution < -0.4 is 5.32 Å². The van der Waals surface area contributed by atoms with Gasteiger partial charge in [0, 0.05) is 5.39 Å². The highest BCUT2D eigenvalue weighted by molar-refractivity contribution is 5.94. The number of esters is 1. The van der Waals surface area contributed by atoms with Crippen LogP contribution in [0.15, 0.2) is 53.1 Å². The number of halogens is 3. The molecule has 0 bridgehead atoms. The Balaban J connectivity index is 1.57. The van der Waals surface area contributed by atoms with Gasteiger partial charge in [-0.1, -0.05) is 29.4 Å². The van der Waals surface area contributed by atoms with Crippen LogP contribution in [-0.2, 0) is 26.9 Å². The summed E-state index contributed by atoms with van der Waals surface area (Å²) in [6.45, 7) is -0.721. The molecule has 1 amide bonds. The Kier molecular flexibility index (Phi) is 5.11. The largest absolute Gasteiger partial charge is 0.455 e. The molecule has 1 aromatic heterocycles. The third-order valence-electron chi connectivity index (χ3n) is 3.63. The molecule has 0 saturated carbocycles. The average molecular weight is 378 g/mol. The fraction of sp³-hybridized carbons (Fsp3) is 0.167. The Morgan fingerprint density at radius 1 is 1.07 bits per heavy atom. The molecule has 0 fully saturated rings. The van der Waals surface area contributed by atoms with Crippen molar-refractivity contribution < 1.29 is 32.0 Å². The molecule has 3 aromatic rings. The molecule has 0 aliphatic carbocycles. The first-order valence-corrected chi connectivity index (χ1v) is 7.79. The van der Waals surface area contributed by atoms with E-state index >= 15 is 0 Å². The zero-order valence-corrected chi connectivity index (χ0v) is 13.7. The second-order valence-corrected chi connectivity index (χ2v) is 5.55. The normalized spacial score (nSPS) is 11.4. The molecule has 1 heterocycles. The highest BCUT2D eigenvalue weighted by Crippen LogP contribution is 2.34. The predicted molar refractivity (Wildman–Crippen MR) is 88.7 cm³/mol. The second-order valence-electron chi connectivity index (χ2n) is 5.55. The van der Waals surface area contributed by atoms with Gasteiger partial charge in [-0.3, -0.25) is 9.59 Å². The second kappa shape index (κ2) is 7.48. The van der Waals surface area contributed by atoms with E-state index < -0.39 is 35.9 Å². The number of hydrogen-bond acceptors (Lipinski definition) is 5. The van der Waals surface area contributed by atoms with Gasteiger partial charge < -0.3 is 14.6 Å². The van der Waals surface area contributed by atoms with Crippen molar-refractivity contribution in [3.63, 3.8) is 0 Å². The summed E-state index contributed by atoms with van der Waals surface area (Å²) >= 11 is 0. The summed E-state index contributed by atoms with van der Waals surface area (Å²) in [6.07, 6.45) is -4.85. The van der Waals surface area contributed by atoms with Crippen LogP contribution in [0.5, 0.6) is 0 Å². The molecule has 27 heavy (non-hydrogen) atoms. The van der Waals surface area contributed by atoms with Crippen LogP contribution in [-0.4, -0.2) is 23.6 Å². The van der Waals surface area contributed by atoms with Crippen molar-refractivity contribution in [2.24, 2.45) is 0 Å². The minimum absolute atomic E-state index is 0.233. The average Bonchev–Trinajstić information content (AvgIpc) is 3.03. The van der Waals surface area contributed by atoms with Crippen LogP contribution in [0.1, 0.15) is 11.3 Å². The number of benzene rings is 2. The minimum atomic E-state index is -4.62. The molecule has 6 nitrogen and oxygen atoms in total. The number of anilines is 1. The summed E-state index contributed by atoms with van der Waals surface area (Å²) in [5.41, 5.74) is -0.549. The number of nitrogens with one attached hydrogen (secondary N) is 1. The van der Waals surface area contributed by atoms with Gasteiger partial charge in [-0.05, 0) is 24.3 Å². The van der Waals surface area contributed by atoms with Crippen molar-refractivity contribution in [3.05, 3.63) is 59.8 Å². The van der Waals surface area contributed by atoms with Crippen LogP contribution in [0.25, 0.3) is 11.0 Å². The molecule has 0 atom stereocenters. The van der Waals surface area contributed by atoms with E-state index in [1.54, 1.807) is 24.3 Å². The van der Waals surface area contributed by atoms with E-state index in [9.17, 15) is 22.8 Å². The zero-order valence-electron chi connectivity index (χ0n) is 13.7. The number of hydrogen-bond donors (Lipinski definition) is 1. The Labute approximate surface area is 150 Å². The molecular weight excluding hydrogens is 365 g/mol. The van der Waals surface area contributed by atoms with Gasteiger partial charge in [0.1, 0.15) is 5.69 Å². The standard InChI is InChI=1S/C18H13F3N2O4/c19-18(20,21)12-6-2-3-7-13(12)22-16(24)10-26-17(25)9-14-11-5-1-4-8-15(11)27-23-14/h1-8H,9-10H2,(H,22,24). The van der Waals surface area contributed by atoms with Crippen molar-refractivity contribution in [1.29, 1.82) is 0 Å². The van der Waals surface area contributed by atoms with E-state index in [-0.39, 0.29) is 6.42 Å². The highest BCUT2D eigenvalue weighted by Gasteiger charge is 2.33. The SMILES string of the molecule is O=C(COC(=O)Cc1noc2ccccc12)Nc1ccccc1C(F)(F)F. The molecule has 3 rings (SSSR count). The van der Waals surface area contributed by atoms with Crippen LogP contribution in [0.3, 0.4) is 0 Å². The van der Waals surface area contributed by atoms with Crippen molar-refractivity contribution in [3.8, 4) is 0 Å². The number of nitrogens with zero attached hydrogens (tertiary/aromatic N) is 1. The van der Waals surface area contributed by atoms with E-state index in [0.29, 0.717) is 16.7 Å². The van der Waals surface area contributed by atoms with Gasteiger partial charge in [0.25, 0.3) is 5.91 Å². The fourth-order valence-electron chi connectivity index (χ4n) is 2.42. The van der Waals surface area contributed by atoms with Crippen molar-refractivity contribution in [1.82, 2.24) is 5.16 Å². The summed E-state index contributed by atoms with van der Waals surface area (Å²) in [7, 11) is 0. The summed E-state index contributed by atoms with van der Waals surface area (Å²) in [5, 5.41) is 6.50. The Morgan fingerprint density at radius 2 is 1.78 bits per heavy atom. The van der Waals surface area contributed by atoms with Crippen LogP contribution >= 0.6 is 0 Å². The lowest BCUT2D eigenvalue weighted by Crippen LogP contribution is -2.23. The maximum absolute atomic E-state index is 12.9. The maximum atomic E-state index is 12.9. The molecular formula is C18H13F3N2O4. The number of amides is 1. The molecule has 0 unspecified atom stereocenters. The Bertz CT molecular complexity index is 982. The number of alkyl halides is 3. The predicted octanol–water partition coefficient (Wildman–Crippen LogP) is 3.57. The summed E-state index contributed by atoms with van der Waals surface area (Å²) in [4.78, 5) is 23.7. The van der Waals surface area contributed by atoms with Crippen LogP contribution in [0.4, 0.5) is 18.9 Å². The lowest BCUT2D eigenvalue weighted by Gasteiger charge is -2.13. The van der Waals surface area contributed by atoms with Crippen molar-refractivity contribution in [2.45, 2.75) is 12.6 Å². The van der Waals surface area contributed by atoms with Crippen molar-refractivity contribution >= 4 is 28.5 Å². The van der Waals surface area contributed by atoms with E-state index in [4.69, 9.17) is 9.26 Å². The van der Waals surface area contributed by atoms with Gasteiger partial charge >= 0.3 is 12.1 Å². The van der Waals surface area contributed by atoms with Gasteiger partial charge in [-0.15, -0.1) is 0 Å². The molecule has 0 spiro atoms. The molecule has 2 aromatic carbocycles. The molecule has 1 N–H and O–H groups in total. The maximum Gasteiger partial charge on any atom is 0.418 e. The highest BCUT2D eigenvalue weighted by atomic mass is 19.4. The van der Waals surface area contributed by atoms with Gasteiger partial charge in [0.15, 0.2) is 12.2 Å². The third kappa shape index (κ3) is 4.43. The van der Waals surface area contributed by atoms with E-state index in [1.807, 2.05) is 0 Å². The number of ether oxygens (including phenoxy) is 1. The Morgan fingerprint density at radius 3 is 2.56 bits per heavy atom. The number of para-hydroxylation sites is 2. The summed E-state index contributed by atoms with van der Waals surface area (Å²) < 4.78 is 48.6. The van der Waals surface area contributed by atoms with E-state index in [1.165, 1.54) is 12.1 Å². The smallest absolute Gasteiger partial charge is 0.418 e. The quantitative estimate of drug-likeness (QED) is 0.687.